The number of methoxy groups -OCH3 is 1. The Hall–Kier alpha value is -2.20. The van der Waals surface area contributed by atoms with Crippen LogP contribution in [0.2, 0.25) is 5.02 Å². The number of hydrogen-bond acceptors (Lipinski definition) is 6. The maximum absolute atomic E-state index is 14.9. The molecule has 2 aliphatic heterocycles. The lowest BCUT2D eigenvalue weighted by Crippen LogP contribution is -2.51. The zero-order valence-electron chi connectivity index (χ0n) is 19.1. The van der Waals surface area contributed by atoms with Crippen molar-refractivity contribution in [1.29, 1.82) is 0 Å². The molecule has 2 aliphatic rings. The van der Waals surface area contributed by atoms with Gasteiger partial charge >= 0.3 is 5.69 Å². The van der Waals surface area contributed by atoms with Gasteiger partial charge in [-0.15, -0.1) is 11.8 Å². The van der Waals surface area contributed by atoms with Crippen LogP contribution in [0.4, 0.5) is 14.6 Å². The maximum Gasteiger partial charge on any atom is 0.350 e. The van der Waals surface area contributed by atoms with E-state index < -0.39 is 11.6 Å². The molecule has 5 rings (SSSR count). The molecule has 0 spiro atoms. The minimum absolute atomic E-state index is 0.144. The molecular formula is C24H25ClF2N4O2S. The molecule has 0 aliphatic carbocycles. The van der Waals surface area contributed by atoms with E-state index in [4.69, 9.17) is 16.3 Å². The monoisotopic (exact) mass is 506 g/mol. The lowest BCUT2D eigenvalue weighted by Gasteiger charge is -2.39. The normalized spacial score (nSPS) is 21.2. The fourth-order valence-electron chi connectivity index (χ4n) is 4.86. The molecule has 6 nitrogen and oxygen atoms in total. The Kier molecular flexibility index (Phi) is 6.31. The number of hydrogen-bond donors (Lipinski definition) is 0. The van der Waals surface area contributed by atoms with Gasteiger partial charge in [0.25, 0.3) is 0 Å². The molecule has 2 aromatic carbocycles. The molecule has 0 radical (unpaired) electrons. The average molecular weight is 507 g/mol. The van der Waals surface area contributed by atoms with Crippen LogP contribution in [0.3, 0.4) is 0 Å². The van der Waals surface area contributed by atoms with Crippen molar-refractivity contribution in [2.24, 2.45) is 0 Å². The highest BCUT2D eigenvalue weighted by Gasteiger charge is 2.31. The summed E-state index contributed by atoms with van der Waals surface area (Å²) in [7, 11) is 3.67. The predicted octanol–water partition coefficient (Wildman–Crippen LogP) is 4.26. The van der Waals surface area contributed by atoms with Gasteiger partial charge in [0, 0.05) is 66.0 Å². The number of piperazine rings is 1. The second-order valence-electron chi connectivity index (χ2n) is 8.88. The molecule has 2 atom stereocenters. The highest BCUT2D eigenvalue weighted by atomic mass is 35.5. The second kappa shape index (κ2) is 9.11. The van der Waals surface area contributed by atoms with Crippen LogP contribution >= 0.6 is 23.4 Å². The third kappa shape index (κ3) is 3.98. The Morgan fingerprint density at radius 3 is 2.71 bits per heavy atom. The standard InChI is InChI=1S/C24H25ClF2N4O2S/c1-13-10-29(2)6-7-30(13)23-17-9-18(25)20(16-5-4-14(26)8-19(16)27)22-21(17)31(24(32)28-23)11-15(33-3)12-34-22/h4-5,8-9,13,15H,6-7,10-12H2,1-3H3/t13-,15+/m0/s1. The number of benzene rings is 2. The van der Waals surface area contributed by atoms with Gasteiger partial charge < -0.3 is 14.5 Å². The van der Waals surface area contributed by atoms with Crippen LogP contribution in [0.25, 0.3) is 22.0 Å². The van der Waals surface area contributed by atoms with Crippen molar-refractivity contribution in [3.63, 3.8) is 0 Å². The van der Waals surface area contributed by atoms with E-state index in [2.05, 4.69) is 28.8 Å². The Labute approximate surface area is 205 Å². The van der Waals surface area contributed by atoms with E-state index >= 15 is 0 Å². The molecule has 0 N–H and O–H groups in total. The smallest absolute Gasteiger partial charge is 0.350 e. The molecule has 1 aromatic heterocycles. The fourth-order valence-corrected chi connectivity index (χ4v) is 6.54. The summed E-state index contributed by atoms with van der Waals surface area (Å²) in [6.07, 6.45) is -0.238. The average Bonchev–Trinajstić information content (AvgIpc) is 2.98. The molecule has 180 valence electrons. The summed E-state index contributed by atoms with van der Waals surface area (Å²) in [6, 6.07) is 5.35. The molecule has 10 heteroatoms. The Morgan fingerprint density at radius 2 is 2.00 bits per heavy atom. The molecule has 0 unspecified atom stereocenters. The zero-order chi connectivity index (χ0) is 24.1. The van der Waals surface area contributed by atoms with E-state index in [-0.39, 0.29) is 23.4 Å². The third-order valence-corrected chi connectivity index (χ3v) is 8.11. The Balaban J connectivity index is 1.83. The Morgan fingerprint density at radius 1 is 1.21 bits per heavy atom. The first kappa shape index (κ1) is 23.5. The largest absolute Gasteiger partial charge is 0.379 e. The summed E-state index contributed by atoms with van der Waals surface area (Å²) in [5.74, 6) is -0.240. The summed E-state index contributed by atoms with van der Waals surface area (Å²) in [4.78, 5) is 22.9. The van der Waals surface area contributed by atoms with Crippen LogP contribution in [-0.4, -0.2) is 66.1 Å². The summed E-state index contributed by atoms with van der Waals surface area (Å²) in [6.45, 7) is 4.83. The van der Waals surface area contributed by atoms with E-state index in [1.54, 1.807) is 17.7 Å². The minimum atomic E-state index is -0.707. The van der Waals surface area contributed by atoms with Crippen molar-refractivity contribution in [3.8, 4) is 11.1 Å². The van der Waals surface area contributed by atoms with Gasteiger partial charge in [-0.05, 0) is 32.2 Å². The topological polar surface area (TPSA) is 50.6 Å². The quantitative estimate of drug-likeness (QED) is 0.529. The van der Waals surface area contributed by atoms with E-state index in [0.717, 1.165) is 31.1 Å². The zero-order valence-corrected chi connectivity index (χ0v) is 20.7. The maximum atomic E-state index is 14.9. The highest BCUT2D eigenvalue weighted by Crippen LogP contribution is 2.46. The lowest BCUT2D eigenvalue weighted by atomic mass is 10.0. The van der Waals surface area contributed by atoms with Gasteiger partial charge in [0.1, 0.15) is 17.5 Å². The summed E-state index contributed by atoms with van der Waals surface area (Å²) >= 11 is 8.26. The number of thioether (sulfide) groups is 1. The number of ether oxygens (including phenoxy) is 1. The van der Waals surface area contributed by atoms with Crippen LogP contribution < -0.4 is 10.6 Å². The fraction of sp³-hybridized carbons (Fsp3) is 0.417. The first-order chi connectivity index (χ1) is 16.3. The van der Waals surface area contributed by atoms with Crippen molar-refractivity contribution in [2.75, 3.05) is 44.4 Å². The second-order valence-corrected chi connectivity index (χ2v) is 10.3. The SMILES string of the molecule is CO[C@H]1CSc2c(-c3ccc(F)cc3F)c(Cl)cc3c(N4CCN(C)C[C@@H]4C)nc(=O)n(c23)C1. The van der Waals surface area contributed by atoms with Crippen molar-refractivity contribution in [1.82, 2.24) is 14.5 Å². The van der Waals surface area contributed by atoms with E-state index in [9.17, 15) is 13.6 Å². The van der Waals surface area contributed by atoms with Crippen LogP contribution in [0.5, 0.6) is 0 Å². The third-order valence-electron chi connectivity index (χ3n) is 6.59. The van der Waals surface area contributed by atoms with Gasteiger partial charge in [0.05, 0.1) is 23.2 Å². The summed E-state index contributed by atoms with van der Waals surface area (Å²) in [5, 5.41) is 1.07. The van der Waals surface area contributed by atoms with Crippen molar-refractivity contribution >= 4 is 40.1 Å². The molecule has 0 saturated carbocycles. The lowest BCUT2D eigenvalue weighted by molar-refractivity contribution is 0.107. The van der Waals surface area contributed by atoms with Gasteiger partial charge in [-0.3, -0.25) is 4.57 Å². The van der Waals surface area contributed by atoms with Gasteiger partial charge in [-0.2, -0.15) is 4.98 Å². The van der Waals surface area contributed by atoms with Crippen molar-refractivity contribution < 1.29 is 13.5 Å². The van der Waals surface area contributed by atoms with Gasteiger partial charge in [0.15, 0.2) is 0 Å². The minimum Gasteiger partial charge on any atom is -0.379 e. The number of aromatic nitrogens is 2. The molecule has 1 fully saturated rings. The number of nitrogens with zero attached hydrogens (tertiary/aromatic N) is 4. The number of likely N-dealkylation sites (N-methyl/N-ethyl adjacent to an activating group) is 1. The number of halogens is 3. The molecule has 3 aromatic rings. The molecule has 3 heterocycles. The first-order valence-electron chi connectivity index (χ1n) is 11.1. The van der Waals surface area contributed by atoms with Gasteiger partial charge in [0.2, 0.25) is 0 Å². The molecule has 1 saturated heterocycles. The molecule has 0 bridgehead atoms. The summed E-state index contributed by atoms with van der Waals surface area (Å²) < 4.78 is 35.8. The number of anilines is 1. The van der Waals surface area contributed by atoms with Crippen molar-refractivity contribution in [3.05, 3.63) is 51.4 Å². The molecule has 0 amide bonds. The molecular weight excluding hydrogens is 482 g/mol. The van der Waals surface area contributed by atoms with E-state index in [1.165, 1.54) is 23.9 Å². The number of rotatable bonds is 3. The molecule has 34 heavy (non-hydrogen) atoms. The first-order valence-corrected chi connectivity index (χ1v) is 12.5. The van der Waals surface area contributed by atoms with Crippen LogP contribution in [0.15, 0.2) is 34.0 Å². The highest BCUT2D eigenvalue weighted by molar-refractivity contribution is 7.99. The Bertz CT molecular complexity index is 1330. The summed E-state index contributed by atoms with van der Waals surface area (Å²) in [5.41, 5.74) is 0.920. The van der Waals surface area contributed by atoms with Crippen LogP contribution in [-0.2, 0) is 11.3 Å². The predicted molar refractivity (Wildman–Crippen MR) is 132 cm³/mol. The van der Waals surface area contributed by atoms with Crippen LogP contribution in [0, 0.1) is 11.6 Å². The van der Waals surface area contributed by atoms with Crippen LogP contribution in [0.1, 0.15) is 6.92 Å². The van der Waals surface area contributed by atoms with E-state index in [1.807, 2.05) is 0 Å². The van der Waals surface area contributed by atoms with Gasteiger partial charge in [-0.25, -0.2) is 13.6 Å². The van der Waals surface area contributed by atoms with Gasteiger partial charge in [-0.1, -0.05) is 11.6 Å². The van der Waals surface area contributed by atoms with E-state index in [0.29, 0.717) is 39.1 Å². The van der Waals surface area contributed by atoms with Crippen molar-refractivity contribution in [2.45, 2.75) is 30.5 Å².